The van der Waals surface area contributed by atoms with Crippen LogP contribution >= 0.6 is 13.7 Å². The van der Waals surface area contributed by atoms with Crippen LogP contribution in [0, 0.1) is 0 Å². The maximum atomic E-state index is 12.0. The Balaban J connectivity index is 3.59. The van der Waals surface area contributed by atoms with Crippen LogP contribution in [-0.4, -0.2) is 34.4 Å². The van der Waals surface area contributed by atoms with Gasteiger partial charge in [-0.25, -0.2) is 0 Å². The third-order valence-corrected chi connectivity index (χ3v) is 22.5. The number of hydrogen-bond acceptors (Lipinski definition) is 2. The van der Waals surface area contributed by atoms with Crippen LogP contribution in [0.25, 0.3) is 0 Å². The van der Waals surface area contributed by atoms with E-state index in [1.54, 1.807) is 0 Å². The van der Waals surface area contributed by atoms with E-state index < -0.39 is 13.7 Å². The third-order valence-electron chi connectivity index (χ3n) is 6.24. The van der Waals surface area contributed by atoms with Crippen LogP contribution in [0.3, 0.4) is 0 Å². The summed E-state index contributed by atoms with van der Waals surface area (Å²) in [6, 6.07) is 9.88. The summed E-state index contributed by atoms with van der Waals surface area (Å²) in [4.78, 5) is 24.0. The molecule has 0 fully saturated rings. The molecule has 2 N–H and O–H groups in total. The molecule has 0 saturated heterocycles. The Morgan fingerprint density at radius 2 is 1.00 bits per heavy atom. The SMILES string of the molecule is CCCCP(CCCC)(CCCC)(CCCC)[P+](O)(O)c1ccccc1. The van der Waals surface area contributed by atoms with Gasteiger partial charge in [0.25, 0.3) is 0 Å². The van der Waals surface area contributed by atoms with Crippen molar-refractivity contribution in [2.24, 2.45) is 0 Å². The number of rotatable bonds is 14. The molecule has 0 aliphatic carbocycles. The number of benzene rings is 1. The summed E-state index contributed by atoms with van der Waals surface area (Å²) in [6.45, 7) is 8.95. The predicted octanol–water partition coefficient (Wildman–Crippen LogP) is 6.81. The summed E-state index contributed by atoms with van der Waals surface area (Å²) in [5.41, 5.74) is 0. The van der Waals surface area contributed by atoms with E-state index in [9.17, 15) is 9.79 Å². The Morgan fingerprint density at radius 3 is 1.31 bits per heavy atom. The zero-order valence-corrected chi connectivity index (χ0v) is 19.4. The Labute approximate surface area is 163 Å². The van der Waals surface area contributed by atoms with E-state index in [2.05, 4.69) is 27.7 Å². The first-order chi connectivity index (χ1) is 12.4. The Kier molecular flexibility index (Phi) is 10.3. The monoisotopic (exact) mass is 401 g/mol. The molecule has 0 aromatic heterocycles. The fourth-order valence-electron chi connectivity index (χ4n) is 4.44. The molecule has 0 saturated carbocycles. The first-order valence-electron chi connectivity index (χ1n) is 10.8. The molecule has 1 aromatic carbocycles. The van der Waals surface area contributed by atoms with Gasteiger partial charge >= 0.3 is 163 Å². The first-order valence-corrected chi connectivity index (χ1v) is 16.2. The molecule has 26 heavy (non-hydrogen) atoms. The van der Waals surface area contributed by atoms with Crippen molar-refractivity contribution in [2.45, 2.75) is 79.1 Å². The molecule has 0 heterocycles. The van der Waals surface area contributed by atoms with Crippen LogP contribution in [0.15, 0.2) is 30.3 Å². The van der Waals surface area contributed by atoms with E-state index in [0.717, 1.165) is 81.3 Å². The van der Waals surface area contributed by atoms with E-state index in [1.165, 1.54) is 0 Å². The molecule has 1 rings (SSSR count). The summed E-state index contributed by atoms with van der Waals surface area (Å²) in [5, 5.41) is 0.831. The molecule has 0 amide bonds. The van der Waals surface area contributed by atoms with Gasteiger partial charge in [0.05, 0.1) is 0 Å². The van der Waals surface area contributed by atoms with Crippen molar-refractivity contribution in [2.75, 3.05) is 24.6 Å². The second kappa shape index (κ2) is 11.1. The van der Waals surface area contributed by atoms with Crippen molar-refractivity contribution in [1.82, 2.24) is 0 Å². The summed E-state index contributed by atoms with van der Waals surface area (Å²) < 4.78 is 0. The van der Waals surface area contributed by atoms with Crippen molar-refractivity contribution >= 4 is 19.0 Å². The van der Waals surface area contributed by atoms with Gasteiger partial charge in [-0.15, -0.1) is 0 Å². The van der Waals surface area contributed by atoms with Crippen LogP contribution in [0.4, 0.5) is 0 Å². The average molecular weight is 402 g/mol. The van der Waals surface area contributed by atoms with E-state index in [0.29, 0.717) is 0 Å². The van der Waals surface area contributed by atoms with Gasteiger partial charge in [-0.1, -0.05) is 0 Å². The van der Waals surface area contributed by atoms with Gasteiger partial charge in [0, 0.05) is 0 Å². The van der Waals surface area contributed by atoms with Crippen LogP contribution in [0.2, 0.25) is 0 Å². The van der Waals surface area contributed by atoms with E-state index in [1.807, 2.05) is 30.3 Å². The molecule has 0 radical (unpaired) electrons. The van der Waals surface area contributed by atoms with Crippen LogP contribution in [-0.2, 0) is 0 Å². The fraction of sp³-hybridized carbons (Fsp3) is 0.727. The second-order valence-electron chi connectivity index (χ2n) is 8.12. The zero-order valence-electron chi connectivity index (χ0n) is 17.7. The van der Waals surface area contributed by atoms with Crippen molar-refractivity contribution in [3.05, 3.63) is 30.3 Å². The minimum atomic E-state index is -3.16. The van der Waals surface area contributed by atoms with Crippen LogP contribution < -0.4 is 5.30 Å². The van der Waals surface area contributed by atoms with Gasteiger partial charge in [0.1, 0.15) is 0 Å². The molecule has 0 aliphatic heterocycles. The molecular weight excluding hydrogens is 358 g/mol. The van der Waals surface area contributed by atoms with Crippen molar-refractivity contribution in [3.8, 4) is 0 Å². The first kappa shape index (κ1) is 24.0. The number of unbranched alkanes of at least 4 members (excludes halogenated alkanes) is 4. The molecule has 4 heteroatoms. The summed E-state index contributed by atoms with van der Waals surface area (Å²) in [7, 11) is -3.16. The second-order valence-corrected chi connectivity index (χ2v) is 20.4. The molecule has 0 atom stereocenters. The maximum absolute atomic E-state index is 12.0. The molecule has 0 unspecified atom stereocenters. The van der Waals surface area contributed by atoms with E-state index in [4.69, 9.17) is 0 Å². The normalized spacial score (nSPS) is 14.2. The Morgan fingerprint density at radius 1 is 0.654 bits per heavy atom. The van der Waals surface area contributed by atoms with E-state index >= 15 is 0 Å². The van der Waals surface area contributed by atoms with E-state index in [-0.39, 0.29) is 0 Å². The van der Waals surface area contributed by atoms with Crippen molar-refractivity contribution in [1.29, 1.82) is 0 Å². The molecule has 0 bridgehead atoms. The van der Waals surface area contributed by atoms with Gasteiger partial charge in [-0.2, -0.15) is 0 Å². The fourth-order valence-corrected chi connectivity index (χ4v) is 20.0. The molecular formula is C22H43O2P2+. The zero-order chi connectivity index (χ0) is 19.5. The molecule has 152 valence electrons. The Bertz CT molecular complexity index is 459. The van der Waals surface area contributed by atoms with Gasteiger partial charge in [0.2, 0.25) is 0 Å². The predicted molar refractivity (Wildman–Crippen MR) is 123 cm³/mol. The van der Waals surface area contributed by atoms with Gasteiger partial charge < -0.3 is 0 Å². The third kappa shape index (κ3) is 5.08. The molecule has 0 spiro atoms. The molecule has 1 aromatic rings. The number of hydrogen-bond donors (Lipinski definition) is 2. The standard InChI is InChI=1S/C22H43O2P2/c1-5-9-18-26(19-10-6-2,20-11-7-3,21-12-8-4)25(23,24)22-16-14-13-15-17-22/h13-17,23-24H,5-12,18-21H2,1-4H3/q+1. The average Bonchev–Trinajstić information content (AvgIpc) is 2.67. The van der Waals surface area contributed by atoms with Crippen LogP contribution in [0.1, 0.15) is 79.1 Å². The quantitative estimate of drug-likeness (QED) is 0.336. The molecule has 2 nitrogen and oxygen atoms in total. The summed E-state index contributed by atoms with van der Waals surface area (Å²) >= 11 is 0. The summed E-state index contributed by atoms with van der Waals surface area (Å²) in [5.74, 6) is 0. The van der Waals surface area contributed by atoms with Gasteiger partial charge in [-0.05, 0) is 0 Å². The van der Waals surface area contributed by atoms with Gasteiger partial charge in [-0.3, -0.25) is 0 Å². The van der Waals surface area contributed by atoms with Crippen molar-refractivity contribution < 1.29 is 9.79 Å². The Hall–Kier alpha value is -0.000000000000000111. The topological polar surface area (TPSA) is 40.5 Å². The minimum absolute atomic E-state index is 0.831. The summed E-state index contributed by atoms with van der Waals surface area (Å²) in [6.07, 6.45) is 10.6. The molecule has 0 aliphatic rings. The van der Waals surface area contributed by atoms with Crippen LogP contribution in [0.5, 0.6) is 0 Å². The van der Waals surface area contributed by atoms with Crippen molar-refractivity contribution in [3.63, 3.8) is 0 Å². The van der Waals surface area contributed by atoms with Gasteiger partial charge in [0.15, 0.2) is 0 Å².